The molecular weight excluding hydrogens is 458 g/mol. The molecule has 9 heteroatoms. The third kappa shape index (κ3) is 5.04. The van der Waals surface area contributed by atoms with Gasteiger partial charge < -0.3 is 19.1 Å². The summed E-state index contributed by atoms with van der Waals surface area (Å²) in [7, 11) is 0. The number of hydrogen-bond acceptors (Lipinski definition) is 9. The normalized spacial score (nSPS) is 16.2. The Balaban J connectivity index is 1.35. The molecule has 0 aliphatic carbocycles. The minimum atomic E-state index is -1.14. The van der Waals surface area contributed by atoms with Crippen molar-refractivity contribution in [1.29, 1.82) is 5.26 Å². The molecule has 186 valence electrons. The second-order valence-corrected chi connectivity index (χ2v) is 9.46. The molecular formula is C27H29N5O4. The topological polar surface area (TPSA) is 101 Å². The van der Waals surface area contributed by atoms with Gasteiger partial charge in [-0.1, -0.05) is 32.0 Å². The van der Waals surface area contributed by atoms with E-state index in [0.717, 1.165) is 42.2 Å². The van der Waals surface area contributed by atoms with E-state index < -0.39 is 11.9 Å². The maximum absolute atomic E-state index is 12.8. The first kappa shape index (κ1) is 23.8. The average Bonchev–Trinajstić information content (AvgIpc) is 3.36. The third-order valence-electron chi connectivity index (χ3n) is 6.29. The van der Waals surface area contributed by atoms with E-state index >= 15 is 0 Å². The first-order chi connectivity index (χ1) is 17.5. The highest BCUT2D eigenvalue weighted by molar-refractivity contribution is 5.85. The van der Waals surface area contributed by atoms with Crippen molar-refractivity contribution >= 4 is 22.8 Å². The molecule has 0 spiro atoms. The molecule has 2 aliphatic rings. The molecule has 3 aromatic rings. The van der Waals surface area contributed by atoms with Crippen LogP contribution in [0.4, 0.5) is 5.82 Å². The van der Waals surface area contributed by atoms with Gasteiger partial charge in [0.1, 0.15) is 5.69 Å². The van der Waals surface area contributed by atoms with Crippen LogP contribution in [0.2, 0.25) is 0 Å². The minimum Gasteiger partial charge on any atom is -0.464 e. The van der Waals surface area contributed by atoms with Gasteiger partial charge in [0.25, 0.3) is 0 Å². The fourth-order valence-corrected chi connectivity index (χ4v) is 4.40. The van der Waals surface area contributed by atoms with Gasteiger partial charge in [-0.05, 0) is 35.7 Å². The lowest BCUT2D eigenvalue weighted by molar-refractivity contribution is -0.145. The van der Waals surface area contributed by atoms with E-state index in [0.29, 0.717) is 30.1 Å². The van der Waals surface area contributed by atoms with Gasteiger partial charge in [-0.15, -0.1) is 0 Å². The summed E-state index contributed by atoms with van der Waals surface area (Å²) in [6.07, 6.45) is 0. The first-order valence-corrected chi connectivity index (χ1v) is 12.2. The fraction of sp³-hybridized carbons (Fsp3) is 0.407. The van der Waals surface area contributed by atoms with Crippen LogP contribution in [0.15, 0.2) is 42.5 Å². The van der Waals surface area contributed by atoms with Gasteiger partial charge in [-0.25, -0.2) is 9.97 Å². The molecule has 0 amide bonds. The number of anilines is 1. The van der Waals surface area contributed by atoms with Crippen molar-refractivity contribution in [3.05, 3.63) is 53.7 Å². The van der Waals surface area contributed by atoms with E-state index in [1.807, 2.05) is 50.2 Å². The predicted octanol–water partition coefficient (Wildman–Crippen LogP) is 3.49. The molecule has 2 aliphatic heterocycles. The zero-order valence-corrected chi connectivity index (χ0v) is 20.5. The maximum Gasteiger partial charge on any atom is 0.329 e. The number of hydrogen-bond donors (Lipinski definition) is 0. The summed E-state index contributed by atoms with van der Waals surface area (Å²) in [6, 6.07) is 15.7. The van der Waals surface area contributed by atoms with E-state index in [2.05, 4.69) is 21.9 Å². The number of piperazine rings is 1. The van der Waals surface area contributed by atoms with E-state index in [1.165, 1.54) is 0 Å². The van der Waals surface area contributed by atoms with Crippen LogP contribution in [0.5, 0.6) is 11.5 Å². The first-order valence-electron chi connectivity index (χ1n) is 12.2. The standard InChI is InChI=1S/C27H29N5O4/c1-18(2)16-34-27(33)20(14-28)25-26(30-22-6-4-3-5-21(22)29-25)32-11-9-31(10-12-32)15-19-7-8-23-24(13-19)36-17-35-23/h3-8,13,18,20H,9-12,15-17H2,1-2H3. The number of carbonyl (C=O) groups excluding carboxylic acids is 1. The Hall–Kier alpha value is -3.90. The molecule has 1 atom stereocenters. The number of rotatable bonds is 7. The second-order valence-electron chi connectivity index (χ2n) is 9.46. The molecule has 0 bridgehead atoms. The summed E-state index contributed by atoms with van der Waals surface area (Å²) in [6.45, 7) is 8.23. The van der Waals surface area contributed by atoms with E-state index in [1.54, 1.807) is 0 Å². The fourth-order valence-electron chi connectivity index (χ4n) is 4.40. The van der Waals surface area contributed by atoms with Gasteiger partial charge in [-0.2, -0.15) is 5.26 Å². The largest absolute Gasteiger partial charge is 0.464 e. The lowest BCUT2D eigenvalue weighted by Gasteiger charge is -2.36. The Morgan fingerprint density at radius 1 is 1.06 bits per heavy atom. The summed E-state index contributed by atoms with van der Waals surface area (Å²) >= 11 is 0. The highest BCUT2D eigenvalue weighted by Gasteiger charge is 2.31. The monoisotopic (exact) mass is 487 g/mol. The maximum atomic E-state index is 12.8. The van der Waals surface area contributed by atoms with Crippen molar-refractivity contribution in [2.45, 2.75) is 26.3 Å². The Morgan fingerprint density at radius 2 is 1.78 bits per heavy atom. The van der Waals surface area contributed by atoms with Crippen LogP contribution in [0, 0.1) is 17.2 Å². The van der Waals surface area contributed by atoms with Crippen molar-refractivity contribution in [2.75, 3.05) is 44.5 Å². The molecule has 0 saturated carbocycles. The molecule has 36 heavy (non-hydrogen) atoms. The summed E-state index contributed by atoms with van der Waals surface area (Å²) in [4.78, 5) is 26.9. The molecule has 5 rings (SSSR count). The highest BCUT2D eigenvalue weighted by atomic mass is 16.7. The number of nitrogens with zero attached hydrogens (tertiary/aromatic N) is 5. The molecule has 3 heterocycles. The molecule has 2 aromatic carbocycles. The molecule has 9 nitrogen and oxygen atoms in total. The minimum absolute atomic E-state index is 0.174. The number of aromatic nitrogens is 2. The van der Waals surface area contributed by atoms with Crippen LogP contribution in [0.3, 0.4) is 0 Å². The Bertz CT molecular complexity index is 1300. The summed E-state index contributed by atoms with van der Waals surface area (Å²) < 4.78 is 16.3. The van der Waals surface area contributed by atoms with Gasteiger partial charge in [0.15, 0.2) is 23.2 Å². The summed E-state index contributed by atoms with van der Waals surface area (Å²) in [5.74, 6) is 0.595. The molecule has 1 unspecified atom stereocenters. The van der Waals surface area contributed by atoms with E-state index in [-0.39, 0.29) is 19.3 Å². The van der Waals surface area contributed by atoms with Crippen molar-refractivity contribution in [1.82, 2.24) is 14.9 Å². The SMILES string of the molecule is CC(C)COC(=O)C(C#N)c1nc2ccccc2nc1N1CCN(Cc2ccc3c(c2)OCO3)CC1. The molecule has 0 radical (unpaired) electrons. The number of para-hydroxylation sites is 2. The smallest absolute Gasteiger partial charge is 0.329 e. The number of carbonyl (C=O) groups is 1. The second kappa shape index (κ2) is 10.4. The van der Waals surface area contributed by atoms with Crippen LogP contribution in [-0.2, 0) is 16.1 Å². The lowest BCUT2D eigenvalue weighted by atomic mass is 10.1. The Morgan fingerprint density at radius 3 is 2.50 bits per heavy atom. The van der Waals surface area contributed by atoms with Crippen molar-refractivity contribution in [3.8, 4) is 17.6 Å². The predicted molar refractivity (Wildman–Crippen MR) is 134 cm³/mol. The molecule has 1 fully saturated rings. The van der Waals surface area contributed by atoms with E-state index in [4.69, 9.17) is 24.2 Å². The number of fused-ring (bicyclic) bond motifs is 2. The van der Waals surface area contributed by atoms with Crippen LogP contribution < -0.4 is 14.4 Å². The zero-order valence-electron chi connectivity index (χ0n) is 20.5. The molecule has 0 N–H and O–H groups in total. The van der Waals surface area contributed by atoms with Gasteiger partial charge in [0.2, 0.25) is 6.79 Å². The van der Waals surface area contributed by atoms with Crippen molar-refractivity contribution < 1.29 is 19.0 Å². The lowest BCUT2D eigenvalue weighted by Crippen LogP contribution is -2.46. The van der Waals surface area contributed by atoms with Crippen molar-refractivity contribution in [2.24, 2.45) is 5.92 Å². The van der Waals surface area contributed by atoms with Crippen LogP contribution >= 0.6 is 0 Å². The van der Waals surface area contributed by atoms with Gasteiger partial charge in [0, 0.05) is 32.7 Å². The highest BCUT2D eigenvalue weighted by Crippen LogP contribution is 2.33. The number of esters is 1. The molecule has 1 saturated heterocycles. The Kier molecular flexibility index (Phi) is 6.87. The van der Waals surface area contributed by atoms with Crippen molar-refractivity contribution in [3.63, 3.8) is 0 Å². The number of benzene rings is 2. The summed E-state index contributed by atoms with van der Waals surface area (Å²) in [5, 5.41) is 9.92. The van der Waals surface area contributed by atoms with Gasteiger partial charge in [0.05, 0.1) is 23.7 Å². The number of nitriles is 1. The van der Waals surface area contributed by atoms with Crippen LogP contribution in [0.25, 0.3) is 11.0 Å². The Labute approximate surface area is 210 Å². The van der Waals surface area contributed by atoms with Gasteiger partial charge >= 0.3 is 5.97 Å². The average molecular weight is 488 g/mol. The van der Waals surface area contributed by atoms with E-state index in [9.17, 15) is 10.1 Å². The molecule has 1 aromatic heterocycles. The summed E-state index contributed by atoms with van der Waals surface area (Å²) in [5.41, 5.74) is 2.89. The quantitative estimate of drug-likeness (QED) is 0.464. The van der Waals surface area contributed by atoms with Crippen LogP contribution in [0.1, 0.15) is 31.0 Å². The number of ether oxygens (including phenoxy) is 3. The van der Waals surface area contributed by atoms with Gasteiger partial charge in [-0.3, -0.25) is 9.69 Å². The third-order valence-corrected chi connectivity index (χ3v) is 6.29. The zero-order chi connectivity index (χ0) is 25.1. The van der Waals surface area contributed by atoms with Crippen LogP contribution in [-0.4, -0.2) is 60.4 Å².